The average Bonchev–Trinajstić information content (AvgIpc) is 2.25. The van der Waals surface area contributed by atoms with Crippen LogP contribution >= 0.6 is 0 Å². The monoisotopic (exact) mass is 193 g/mol. The van der Waals surface area contributed by atoms with E-state index in [0.717, 1.165) is 0 Å². The van der Waals surface area contributed by atoms with Gasteiger partial charge < -0.3 is 0 Å². The molecule has 0 aromatic carbocycles. The number of aromatic nitrogens is 1. The van der Waals surface area contributed by atoms with Crippen LogP contribution in [-0.4, -0.2) is 4.98 Å². The van der Waals surface area contributed by atoms with E-state index >= 15 is 0 Å². The third-order valence-electron chi connectivity index (χ3n) is 2.04. The summed E-state index contributed by atoms with van der Waals surface area (Å²) in [5.74, 6) is 0. The number of nitrogens with zero attached hydrogens (tertiary/aromatic N) is 1. The Morgan fingerprint density at radius 1 is 1.00 bits per heavy atom. The first-order chi connectivity index (χ1) is 6.88. The molecule has 0 saturated carbocycles. The predicted molar refractivity (Wildman–Crippen MR) is 63.6 cm³/mol. The van der Waals surface area contributed by atoms with Crippen molar-refractivity contribution in [3.05, 3.63) is 29.6 Å². The lowest BCUT2D eigenvalue weighted by molar-refractivity contribution is 0.853. The van der Waals surface area contributed by atoms with Crippen LogP contribution in [-0.2, 0) is 12.8 Å². The van der Waals surface area contributed by atoms with E-state index in [9.17, 15) is 0 Å². The molecule has 0 aliphatic carbocycles. The summed E-state index contributed by atoms with van der Waals surface area (Å²) >= 11 is 0. The van der Waals surface area contributed by atoms with Crippen LogP contribution < -0.4 is 0 Å². The summed E-state index contributed by atoms with van der Waals surface area (Å²) in [5.41, 5.74) is 2.91. The molecule has 1 heteroatoms. The Morgan fingerprint density at radius 2 is 1.57 bits per heavy atom. The fourth-order valence-electron chi connectivity index (χ4n) is 1.46. The van der Waals surface area contributed by atoms with Crippen molar-refractivity contribution in [3.63, 3.8) is 0 Å². The minimum Gasteiger partial charge on any atom is -0.264 e. The molecule has 0 N–H and O–H groups in total. The molecule has 0 radical (unpaired) electrons. The molecule has 1 aromatic heterocycles. The first-order valence-electron chi connectivity index (χ1n) is 5.80. The molecule has 1 aromatic rings. The summed E-state index contributed by atoms with van der Waals surface area (Å²) in [6.45, 7) is 8.43. The van der Waals surface area contributed by atoms with E-state index in [-0.39, 0.29) is 0 Å². The van der Waals surface area contributed by atoms with Crippen LogP contribution in [0.4, 0.5) is 0 Å². The zero-order valence-corrected chi connectivity index (χ0v) is 10.0. The second-order valence-electron chi connectivity index (χ2n) is 3.14. The first-order valence-corrected chi connectivity index (χ1v) is 5.80. The van der Waals surface area contributed by atoms with Crippen molar-refractivity contribution in [3.8, 4) is 0 Å². The molecular weight excluding hydrogens is 170 g/mol. The lowest BCUT2D eigenvalue weighted by Crippen LogP contribution is -1.94. The van der Waals surface area contributed by atoms with Crippen LogP contribution in [0.25, 0.3) is 0 Å². The molecule has 1 heterocycles. The Hall–Kier alpha value is -0.850. The number of pyridine rings is 1. The highest BCUT2D eigenvalue weighted by atomic mass is 14.6. The molecule has 0 spiro atoms. The molecule has 1 nitrogen and oxygen atoms in total. The molecule has 0 aliphatic heterocycles. The van der Waals surface area contributed by atoms with Gasteiger partial charge in [0.15, 0.2) is 0 Å². The Balaban J connectivity index is 0.000000791. The van der Waals surface area contributed by atoms with Gasteiger partial charge >= 0.3 is 0 Å². The Bertz CT molecular complexity index is 205. The van der Waals surface area contributed by atoms with Gasteiger partial charge in [0.05, 0.1) is 0 Å². The highest BCUT2D eigenvalue weighted by Crippen LogP contribution is 2.11. The normalized spacial score (nSPS) is 9.14. The maximum Gasteiger partial charge on any atom is 0.0302 e. The van der Waals surface area contributed by atoms with Crippen LogP contribution in [0.5, 0.6) is 0 Å². The fraction of sp³-hybridized carbons (Fsp3) is 0.615. The summed E-state index contributed by atoms with van der Waals surface area (Å²) in [6.07, 6.45) is 8.70. The van der Waals surface area contributed by atoms with Gasteiger partial charge in [-0.05, 0) is 30.0 Å². The highest BCUT2D eigenvalue weighted by molar-refractivity contribution is 5.23. The molecule has 0 aliphatic rings. The van der Waals surface area contributed by atoms with Crippen molar-refractivity contribution < 1.29 is 0 Å². The molecule has 0 unspecified atom stereocenters. The molecule has 14 heavy (non-hydrogen) atoms. The summed E-state index contributed by atoms with van der Waals surface area (Å²) < 4.78 is 0. The van der Waals surface area contributed by atoms with Crippen LogP contribution in [0.3, 0.4) is 0 Å². The quantitative estimate of drug-likeness (QED) is 0.704. The highest BCUT2D eigenvalue weighted by Gasteiger charge is 1.98. The molecule has 0 amide bonds. The van der Waals surface area contributed by atoms with Crippen molar-refractivity contribution in [1.29, 1.82) is 0 Å². The Kier molecular flexibility index (Phi) is 8.20. The van der Waals surface area contributed by atoms with Gasteiger partial charge in [-0.25, -0.2) is 0 Å². The van der Waals surface area contributed by atoms with Crippen molar-refractivity contribution in [1.82, 2.24) is 4.98 Å². The second-order valence-corrected chi connectivity index (χ2v) is 3.14. The van der Waals surface area contributed by atoms with Gasteiger partial charge in [0.25, 0.3) is 0 Å². The summed E-state index contributed by atoms with van der Waals surface area (Å²) in [5, 5.41) is 0. The van der Waals surface area contributed by atoms with E-state index in [1.807, 2.05) is 26.2 Å². The van der Waals surface area contributed by atoms with Gasteiger partial charge in [0.1, 0.15) is 0 Å². The lowest BCUT2D eigenvalue weighted by atomic mass is 10.0. The zero-order chi connectivity index (χ0) is 10.8. The smallest absolute Gasteiger partial charge is 0.0302 e. The van der Waals surface area contributed by atoms with Gasteiger partial charge in [0.2, 0.25) is 0 Å². The Morgan fingerprint density at radius 3 is 2.14 bits per heavy atom. The molecule has 0 fully saturated rings. The Labute approximate surface area is 88.6 Å². The fourth-order valence-corrected chi connectivity index (χ4v) is 1.46. The van der Waals surface area contributed by atoms with Crippen molar-refractivity contribution in [2.75, 3.05) is 0 Å². The zero-order valence-electron chi connectivity index (χ0n) is 10.0. The third kappa shape index (κ3) is 4.40. The van der Waals surface area contributed by atoms with E-state index in [0.29, 0.717) is 0 Å². The van der Waals surface area contributed by atoms with Crippen molar-refractivity contribution >= 4 is 0 Å². The second kappa shape index (κ2) is 8.74. The predicted octanol–water partition coefficient (Wildman–Crippen LogP) is 4.01. The van der Waals surface area contributed by atoms with Gasteiger partial charge in [0, 0.05) is 12.4 Å². The van der Waals surface area contributed by atoms with Crippen LogP contribution in [0.1, 0.15) is 51.7 Å². The average molecular weight is 193 g/mol. The number of hydrogen-bond donors (Lipinski definition) is 0. The minimum atomic E-state index is 1.17. The van der Waals surface area contributed by atoms with Gasteiger partial charge in [-0.1, -0.05) is 40.5 Å². The molecule has 0 atom stereocenters. The van der Waals surface area contributed by atoms with E-state index in [1.165, 1.54) is 36.8 Å². The molecular formula is C13H23N. The molecule has 0 bridgehead atoms. The van der Waals surface area contributed by atoms with Crippen LogP contribution in [0.15, 0.2) is 18.5 Å². The molecule has 0 saturated heterocycles. The van der Waals surface area contributed by atoms with Gasteiger partial charge in [-0.3, -0.25) is 4.98 Å². The van der Waals surface area contributed by atoms with Crippen molar-refractivity contribution in [2.24, 2.45) is 0 Å². The first kappa shape index (κ1) is 13.2. The maximum absolute atomic E-state index is 4.15. The van der Waals surface area contributed by atoms with Crippen molar-refractivity contribution in [2.45, 2.75) is 53.4 Å². The van der Waals surface area contributed by atoms with Gasteiger partial charge in [-0.2, -0.15) is 0 Å². The largest absolute Gasteiger partial charge is 0.264 e. The van der Waals surface area contributed by atoms with Crippen LogP contribution in [0.2, 0.25) is 0 Å². The summed E-state index contributed by atoms with van der Waals surface area (Å²) in [7, 11) is 0. The summed E-state index contributed by atoms with van der Waals surface area (Å²) in [4.78, 5) is 4.15. The summed E-state index contributed by atoms with van der Waals surface area (Å²) in [6, 6.07) is 2.15. The standard InChI is InChI=1S/C11H17N.C2H6/c1-3-5-10-7-8-12-9-11(10)6-4-2;1-2/h7-9H,3-6H2,1-2H3;1-2H3. The maximum atomic E-state index is 4.15. The van der Waals surface area contributed by atoms with E-state index in [2.05, 4.69) is 24.9 Å². The number of aryl methyl sites for hydroxylation is 2. The van der Waals surface area contributed by atoms with E-state index in [1.54, 1.807) is 0 Å². The molecule has 80 valence electrons. The minimum absolute atomic E-state index is 1.17. The topological polar surface area (TPSA) is 12.9 Å². The van der Waals surface area contributed by atoms with Crippen LogP contribution in [0, 0.1) is 0 Å². The number of hydrogen-bond acceptors (Lipinski definition) is 1. The van der Waals surface area contributed by atoms with E-state index in [4.69, 9.17) is 0 Å². The van der Waals surface area contributed by atoms with Gasteiger partial charge in [-0.15, -0.1) is 0 Å². The van der Waals surface area contributed by atoms with E-state index < -0.39 is 0 Å². The SMILES string of the molecule is CC.CCCc1ccncc1CCC. The number of rotatable bonds is 4. The lowest BCUT2D eigenvalue weighted by Gasteiger charge is -2.05. The molecule has 1 rings (SSSR count). The third-order valence-corrected chi connectivity index (χ3v) is 2.04.